The van der Waals surface area contributed by atoms with Crippen molar-refractivity contribution in [3.05, 3.63) is 0 Å². The van der Waals surface area contributed by atoms with Gasteiger partial charge in [0, 0.05) is 31.7 Å². The number of rotatable bonds is 6. The van der Waals surface area contributed by atoms with Gasteiger partial charge in [0.05, 0.1) is 0 Å². The van der Waals surface area contributed by atoms with Crippen molar-refractivity contribution in [1.29, 1.82) is 0 Å². The molecule has 0 aromatic carbocycles. The fourth-order valence-corrected chi connectivity index (χ4v) is 2.04. The van der Waals surface area contributed by atoms with Crippen molar-refractivity contribution in [2.24, 2.45) is 5.92 Å². The number of carbonyl (C=O) groups excluding carboxylic acids is 1. The van der Waals surface area contributed by atoms with E-state index in [2.05, 4.69) is 17.6 Å². The topological polar surface area (TPSA) is 50.4 Å². The first-order chi connectivity index (χ1) is 7.74. The normalized spacial score (nSPS) is 25.4. The minimum atomic E-state index is 0.198. The summed E-state index contributed by atoms with van der Waals surface area (Å²) < 4.78 is 5.22. The third-order valence-corrected chi connectivity index (χ3v) is 2.96. The van der Waals surface area contributed by atoms with E-state index in [1.54, 1.807) is 0 Å². The van der Waals surface area contributed by atoms with Crippen LogP contribution in [0.2, 0.25) is 0 Å². The average Bonchev–Trinajstić information content (AvgIpc) is 2.28. The summed E-state index contributed by atoms with van der Waals surface area (Å²) in [6, 6.07) is 0.466. The Morgan fingerprint density at radius 2 is 2.38 bits per heavy atom. The highest BCUT2D eigenvalue weighted by molar-refractivity contribution is 5.78. The standard InChI is InChI=1S/C12H24N2O2/c1-3-16-8-4-6-14-12(15)11-5-7-13-10(2)9-11/h10-11,13H,3-9H2,1-2H3,(H,14,15). The van der Waals surface area contributed by atoms with Crippen molar-refractivity contribution in [1.82, 2.24) is 10.6 Å². The molecule has 1 aliphatic rings. The largest absolute Gasteiger partial charge is 0.382 e. The summed E-state index contributed by atoms with van der Waals surface area (Å²) in [7, 11) is 0. The van der Waals surface area contributed by atoms with Gasteiger partial charge in [-0.25, -0.2) is 0 Å². The molecule has 0 aromatic heterocycles. The second-order valence-corrected chi connectivity index (χ2v) is 4.42. The number of ether oxygens (including phenoxy) is 1. The summed E-state index contributed by atoms with van der Waals surface area (Å²) in [5.41, 5.74) is 0. The third kappa shape index (κ3) is 4.94. The van der Waals surface area contributed by atoms with Gasteiger partial charge in [-0.05, 0) is 39.7 Å². The predicted molar refractivity (Wildman–Crippen MR) is 64.3 cm³/mol. The lowest BCUT2D eigenvalue weighted by Crippen LogP contribution is -2.42. The van der Waals surface area contributed by atoms with Crippen LogP contribution in [0.3, 0.4) is 0 Å². The van der Waals surface area contributed by atoms with Crippen molar-refractivity contribution in [3.63, 3.8) is 0 Å². The maximum atomic E-state index is 11.8. The minimum absolute atomic E-state index is 0.198. The first-order valence-corrected chi connectivity index (χ1v) is 6.33. The zero-order valence-corrected chi connectivity index (χ0v) is 10.4. The van der Waals surface area contributed by atoms with E-state index in [0.717, 1.165) is 45.6 Å². The molecule has 0 spiro atoms. The van der Waals surface area contributed by atoms with E-state index in [0.29, 0.717) is 6.04 Å². The predicted octanol–water partition coefficient (Wildman–Crippen LogP) is 0.917. The molecule has 1 heterocycles. The Bertz CT molecular complexity index is 209. The summed E-state index contributed by atoms with van der Waals surface area (Å²) in [6.07, 6.45) is 2.82. The molecular formula is C12H24N2O2. The van der Waals surface area contributed by atoms with E-state index < -0.39 is 0 Å². The van der Waals surface area contributed by atoms with Crippen LogP contribution in [-0.2, 0) is 9.53 Å². The number of hydrogen-bond donors (Lipinski definition) is 2. The van der Waals surface area contributed by atoms with Gasteiger partial charge in [-0.15, -0.1) is 0 Å². The van der Waals surface area contributed by atoms with Crippen molar-refractivity contribution in [2.45, 2.75) is 39.2 Å². The fourth-order valence-electron chi connectivity index (χ4n) is 2.04. The molecule has 0 aromatic rings. The molecule has 1 aliphatic heterocycles. The van der Waals surface area contributed by atoms with Crippen LogP contribution in [0.25, 0.3) is 0 Å². The summed E-state index contributed by atoms with van der Waals surface area (Å²) >= 11 is 0. The molecular weight excluding hydrogens is 204 g/mol. The van der Waals surface area contributed by atoms with Gasteiger partial charge in [0.1, 0.15) is 0 Å². The number of amides is 1. The van der Waals surface area contributed by atoms with Crippen LogP contribution in [0.15, 0.2) is 0 Å². The summed E-state index contributed by atoms with van der Waals surface area (Å²) in [5.74, 6) is 0.410. The SMILES string of the molecule is CCOCCCNC(=O)C1CCNC(C)C1. The second kappa shape index (κ2) is 7.63. The number of carbonyl (C=O) groups is 1. The molecule has 1 fully saturated rings. The van der Waals surface area contributed by atoms with Crippen LogP contribution in [0.1, 0.15) is 33.1 Å². The molecule has 1 saturated heterocycles. The summed E-state index contributed by atoms with van der Waals surface area (Å²) in [4.78, 5) is 11.8. The highest BCUT2D eigenvalue weighted by Gasteiger charge is 2.23. The van der Waals surface area contributed by atoms with E-state index >= 15 is 0 Å². The van der Waals surface area contributed by atoms with E-state index in [4.69, 9.17) is 4.74 Å². The molecule has 0 radical (unpaired) electrons. The number of hydrogen-bond acceptors (Lipinski definition) is 3. The Balaban J connectivity index is 2.09. The van der Waals surface area contributed by atoms with Gasteiger partial charge in [-0.2, -0.15) is 0 Å². The minimum Gasteiger partial charge on any atom is -0.382 e. The molecule has 1 rings (SSSR count). The molecule has 0 saturated carbocycles. The molecule has 2 unspecified atom stereocenters. The lowest BCUT2D eigenvalue weighted by atomic mass is 9.92. The summed E-state index contributed by atoms with van der Waals surface area (Å²) in [5, 5.41) is 6.34. The van der Waals surface area contributed by atoms with Crippen molar-refractivity contribution >= 4 is 5.91 Å². The molecule has 0 bridgehead atoms. The van der Waals surface area contributed by atoms with E-state index in [1.807, 2.05) is 6.92 Å². The smallest absolute Gasteiger partial charge is 0.223 e. The van der Waals surface area contributed by atoms with Crippen LogP contribution in [0, 0.1) is 5.92 Å². The Morgan fingerprint density at radius 1 is 1.56 bits per heavy atom. The quantitative estimate of drug-likeness (QED) is 0.665. The first-order valence-electron chi connectivity index (χ1n) is 6.33. The Kier molecular flexibility index (Phi) is 6.42. The van der Waals surface area contributed by atoms with Gasteiger partial charge in [-0.1, -0.05) is 0 Å². The highest BCUT2D eigenvalue weighted by Crippen LogP contribution is 2.15. The Labute approximate surface area is 98.1 Å². The molecule has 4 heteroatoms. The fraction of sp³-hybridized carbons (Fsp3) is 0.917. The molecule has 1 amide bonds. The number of nitrogens with one attached hydrogen (secondary N) is 2. The molecule has 94 valence electrons. The van der Waals surface area contributed by atoms with Gasteiger partial charge >= 0.3 is 0 Å². The Morgan fingerprint density at radius 3 is 3.06 bits per heavy atom. The van der Waals surface area contributed by atoms with Gasteiger partial charge in [-0.3, -0.25) is 4.79 Å². The molecule has 2 atom stereocenters. The van der Waals surface area contributed by atoms with Gasteiger partial charge in [0.25, 0.3) is 0 Å². The zero-order valence-electron chi connectivity index (χ0n) is 10.4. The van der Waals surface area contributed by atoms with Crippen molar-refractivity contribution in [2.75, 3.05) is 26.3 Å². The lowest BCUT2D eigenvalue weighted by molar-refractivity contribution is -0.126. The van der Waals surface area contributed by atoms with Crippen LogP contribution >= 0.6 is 0 Å². The zero-order chi connectivity index (χ0) is 11.8. The molecule has 0 aliphatic carbocycles. The van der Waals surface area contributed by atoms with Crippen LogP contribution in [0.4, 0.5) is 0 Å². The van der Waals surface area contributed by atoms with Gasteiger partial charge in [0.2, 0.25) is 5.91 Å². The van der Waals surface area contributed by atoms with Gasteiger partial charge < -0.3 is 15.4 Å². The van der Waals surface area contributed by atoms with E-state index in [1.165, 1.54) is 0 Å². The molecule has 4 nitrogen and oxygen atoms in total. The maximum Gasteiger partial charge on any atom is 0.223 e. The van der Waals surface area contributed by atoms with Crippen LogP contribution < -0.4 is 10.6 Å². The number of piperidine rings is 1. The average molecular weight is 228 g/mol. The molecule has 16 heavy (non-hydrogen) atoms. The second-order valence-electron chi connectivity index (χ2n) is 4.42. The lowest BCUT2D eigenvalue weighted by Gasteiger charge is -2.27. The highest BCUT2D eigenvalue weighted by atomic mass is 16.5. The monoisotopic (exact) mass is 228 g/mol. The van der Waals surface area contributed by atoms with E-state index in [9.17, 15) is 4.79 Å². The Hall–Kier alpha value is -0.610. The van der Waals surface area contributed by atoms with Crippen molar-refractivity contribution < 1.29 is 9.53 Å². The van der Waals surface area contributed by atoms with E-state index in [-0.39, 0.29) is 11.8 Å². The maximum absolute atomic E-state index is 11.8. The summed E-state index contributed by atoms with van der Waals surface area (Å²) in [6.45, 7) is 7.29. The van der Waals surface area contributed by atoms with Crippen molar-refractivity contribution in [3.8, 4) is 0 Å². The first kappa shape index (κ1) is 13.5. The van der Waals surface area contributed by atoms with Crippen LogP contribution in [-0.4, -0.2) is 38.3 Å². The van der Waals surface area contributed by atoms with Crippen LogP contribution in [0.5, 0.6) is 0 Å². The van der Waals surface area contributed by atoms with Gasteiger partial charge in [0.15, 0.2) is 0 Å². The molecule has 2 N–H and O–H groups in total. The third-order valence-electron chi connectivity index (χ3n) is 2.96.